The van der Waals surface area contributed by atoms with Gasteiger partial charge in [0, 0.05) is 27.6 Å². The average Bonchev–Trinajstić information content (AvgIpc) is 2.71. The van der Waals surface area contributed by atoms with Crippen molar-refractivity contribution in [1.29, 1.82) is 0 Å². The van der Waals surface area contributed by atoms with Crippen molar-refractivity contribution in [3.63, 3.8) is 0 Å². The zero-order valence-electron chi connectivity index (χ0n) is 16.4. The van der Waals surface area contributed by atoms with Gasteiger partial charge in [-0.1, -0.05) is 53.3 Å². The SMILES string of the molecule is CCOC(=O)CCC(c1cc(Cl)c(C=O)cc1Cl)C(C)c1cc(Cl)c(C=O)cc1Cl. The molecule has 0 saturated carbocycles. The van der Waals surface area contributed by atoms with Gasteiger partial charge in [0.25, 0.3) is 0 Å². The monoisotopic (exact) mass is 488 g/mol. The number of hydrogen-bond donors (Lipinski definition) is 0. The third-order valence-electron chi connectivity index (χ3n) is 4.94. The van der Waals surface area contributed by atoms with E-state index in [1.807, 2.05) is 6.92 Å². The van der Waals surface area contributed by atoms with Gasteiger partial charge in [0.05, 0.1) is 16.7 Å². The van der Waals surface area contributed by atoms with E-state index in [1.54, 1.807) is 19.1 Å². The Bertz CT molecular complexity index is 959. The second-order valence-electron chi connectivity index (χ2n) is 6.77. The number of ether oxygens (including phenoxy) is 1. The number of carbonyl (C=O) groups excluding carboxylic acids is 3. The second-order valence-corrected chi connectivity index (χ2v) is 8.39. The van der Waals surface area contributed by atoms with Crippen molar-refractivity contribution in [3.8, 4) is 0 Å². The van der Waals surface area contributed by atoms with E-state index in [-0.39, 0.29) is 52.0 Å². The number of carbonyl (C=O) groups is 3. The highest BCUT2D eigenvalue weighted by Crippen LogP contribution is 2.43. The summed E-state index contributed by atoms with van der Waals surface area (Å²) in [7, 11) is 0. The van der Waals surface area contributed by atoms with Crippen LogP contribution in [0.4, 0.5) is 0 Å². The zero-order valence-corrected chi connectivity index (χ0v) is 19.4. The zero-order chi connectivity index (χ0) is 22.4. The van der Waals surface area contributed by atoms with Gasteiger partial charge in [-0.3, -0.25) is 14.4 Å². The Morgan fingerprint density at radius 3 is 1.90 bits per heavy atom. The van der Waals surface area contributed by atoms with Gasteiger partial charge in [-0.15, -0.1) is 0 Å². The molecule has 0 bridgehead atoms. The van der Waals surface area contributed by atoms with E-state index in [2.05, 4.69) is 0 Å². The summed E-state index contributed by atoms with van der Waals surface area (Å²) in [6.45, 7) is 3.95. The molecule has 2 atom stereocenters. The summed E-state index contributed by atoms with van der Waals surface area (Å²) in [6, 6.07) is 6.29. The molecule has 0 aliphatic heterocycles. The lowest BCUT2D eigenvalue weighted by atomic mass is 9.79. The summed E-state index contributed by atoms with van der Waals surface area (Å²) in [5, 5.41) is 1.27. The first-order valence-corrected chi connectivity index (χ1v) is 10.8. The number of hydrogen-bond acceptors (Lipinski definition) is 4. The van der Waals surface area contributed by atoms with Crippen molar-refractivity contribution in [2.24, 2.45) is 0 Å². The Labute approximate surface area is 195 Å². The lowest BCUT2D eigenvalue weighted by Gasteiger charge is -2.27. The van der Waals surface area contributed by atoms with Crippen molar-refractivity contribution in [2.45, 2.75) is 38.5 Å². The number of benzene rings is 2. The maximum absolute atomic E-state index is 12.0. The molecule has 0 heterocycles. The minimum absolute atomic E-state index is 0.157. The molecule has 0 N–H and O–H groups in total. The fourth-order valence-electron chi connectivity index (χ4n) is 3.37. The highest BCUT2D eigenvalue weighted by atomic mass is 35.5. The topological polar surface area (TPSA) is 60.4 Å². The first-order chi connectivity index (χ1) is 14.2. The summed E-state index contributed by atoms with van der Waals surface area (Å²) in [5.41, 5.74) is 1.94. The largest absolute Gasteiger partial charge is 0.466 e. The number of esters is 1. The molecule has 0 spiro atoms. The van der Waals surface area contributed by atoms with Crippen LogP contribution in [0.1, 0.15) is 70.4 Å². The predicted molar refractivity (Wildman–Crippen MR) is 121 cm³/mol. The lowest BCUT2D eigenvalue weighted by Crippen LogP contribution is -2.14. The molecule has 0 saturated heterocycles. The van der Waals surface area contributed by atoms with Gasteiger partial charge in [0.2, 0.25) is 0 Å². The van der Waals surface area contributed by atoms with Gasteiger partial charge in [0.15, 0.2) is 12.6 Å². The van der Waals surface area contributed by atoms with Crippen LogP contribution in [0.25, 0.3) is 0 Å². The molecular formula is C22H20Cl4O4. The third kappa shape index (κ3) is 5.76. The smallest absolute Gasteiger partial charge is 0.305 e. The normalized spacial score (nSPS) is 12.9. The molecule has 0 amide bonds. The van der Waals surface area contributed by atoms with E-state index in [0.717, 1.165) is 0 Å². The molecule has 8 heteroatoms. The van der Waals surface area contributed by atoms with E-state index in [1.165, 1.54) is 12.1 Å². The van der Waals surface area contributed by atoms with Crippen LogP contribution in [0.15, 0.2) is 24.3 Å². The van der Waals surface area contributed by atoms with Crippen LogP contribution in [-0.4, -0.2) is 25.1 Å². The van der Waals surface area contributed by atoms with Crippen LogP contribution < -0.4 is 0 Å². The van der Waals surface area contributed by atoms with Gasteiger partial charge in [0.1, 0.15) is 0 Å². The predicted octanol–water partition coefficient (Wildman–Crippen LogP) is 7.16. The van der Waals surface area contributed by atoms with Gasteiger partial charge in [-0.2, -0.15) is 0 Å². The Morgan fingerprint density at radius 2 is 1.40 bits per heavy atom. The van der Waals surface area contributed by atoms with E-state index in [0.29, 0.717) is 40.2 Å². The molecule has 0 aromatic heterocycles. The number of rotatable bonds is 9. The van der Waals surface area contributed by atoms with Crippen LogP contribution in [0.3, 0.4) is 0 Å². The van der Waals surface area contributed by atoms with Gasteiger partial charge in [-0.05, 0) is 60.6 Å². The molecular weight excluding hydrogens is 470 g/mol. The molecule has 0 radical (unpaired) electrons. The molecule has 2 unspecified atom stereocenters. The maximum atomic E-state index is 12.0. The first-order valence-electron chi connectivity index (χ1n) is 9.27. The molecule has 0 aliphatic rings. The van der Waals surface area contributed by atoms with Crippen LogP contribution in [0.2, 0.25) is 20.1 Å². The standard InChI is InChI=1S/C22H20Cl4O4/c1-3-30-22(29)5-4-15(17-9-19(24)14(11-28)7-21(17)26)12(2)16-8-18(23)13(10-27)6-20(16)25/h6-12,15H,3-5H2,1-2H3. The Hall–Kier alpha value is -1.59. The van der Waals surface area contributed by atoms with Crippen molar-refractivity contribution in [3.05, 3.63) is 66.6 Å². The van der Waals surface area contributed by atoms with E-state index in [9.17, 15) is 14.4 Å². The summed E-state index contributed by atoms with van der Waals surface area (Å²) >= 11 is 25.3. The summed E-state index contributed by atoms with van der Waals surface area (Å²) in [4.78, 5) is 34.3. The molecule has 30 heavy (non-hydrogen) atoms. The molecule has 0 fully saturated rings. The molecule has 160 valence electrons. The summed E-state index contributed by atoms with van der Waals surface area (Å²) < 4.78 is 5.05. The summed E-state index contributed by atoms with van der Waals surface area (Å²) in [6.07, 6.45) is 1.82. The van der Waals surface area contributed by atoms with Crippen LogP contribution >= 0.6 is 46.4 Å². The van der Waals surface area contributed by atoms with Gasteiger partial charge in [-0.25, -0.2) is 0 Å². The Morgan fingerprint density at radius 1 is 0.900 bits per heavy atom. The first kappa shape index (κ1) is 24.7. The van der Waals surface area contributed by atoms with Crippen molar-refractivity contribution >= 4 is 64.9 Å². The quantitative estimate of drug-likeness (QED) is 0.277. The van der Waals surface area contributed by atoms with Crippen molar-refractivity contribution in [1.82, 2.24) is 0 Å². The number of aldehydes is 2. The highest BCUT2D eigenvalue weighted by Gasteiger charge is 2.27. The highest BCUT2D eigenvalue weighted by molar-refractivity contribution is 6.36. The second kappa shape index (κ2) is 11.1. The van der Waals surface area contributed by atoms with E-state index < -0.39 is 0 Å². The molecule has 4 nitrogen and oxygen atoms in total. The number of halogens is 4. The molecule has 2 aromatic carbocycles. The third-order valence-corrected chi connectivity index (χ3v) is 6.25. The minimum atomic E-state index is -0.332. The maximum Gasteiger partial charge on any atom is 0.305 e. The van der Waals surface area contributed by atoms with Gasteiger partial charge >= 0.3 is 5.97 Å². The van der Waals surface area contributed by atoms with E-state index in [4.69, 9.17) is 51.1 Å². The molecule has 2 aromatic rings. The average molecular weight is 490 g/mol. The minimum Gasteiger partial charge on any atom is -0.466 e. The Balaban J connectivity index is 2.52. The van der Waals surface area contributed by atoms with Crippen LogP contribution in [0.5, 0.6) is 0 Å². The van der Waals surface area contributed by atoms with Crippen molar-refractivity contribution in [2.75, 3.05) is 6.61 Å². The molecule has 0 aliphatic carbocycles. The Kier molecular flexibility index (Phi) is 9.17. The fourth-order valence-corrected chi connectivity index (χ4v) is 4.46. The van der Waals surface area contributed by atoms with Crippen LogP contribution in [0, 0.1) is 0 Å². The molecule has 2 rings (SSSR count). The fraction of sp³-hybridized carbons (Fsp3) is 0.318. The summed E-state index contributed by atoms with van der Waals surface area (Å²) in [5.74, 6) is -0.849. The lowest BCUT2D eigenvalue weighted by molar-refractivity contribution is -0.143. The van der Waals surface area contributed by atoms with Crippen molar-refractivity contribution < 1.29 is 19.1 Å². The van der Waals surface area contributed by atoms with Crippen LogP contribution in [-0.2, 0) is 9.53 Å². The van der Waals surface area contributed by atoms with Gasteiger partial charge < -0.3 is 4.74 Å². The van der Waals surface area contributed by atoms with E-state index >= 15 is 0 Å².